The molecule has 1 saturated heterocycles. The number of anilines is 2. The highest BCUT2D eigenvalue weighted by Gasteiger charge is 2.16. The molecular weight excluding hydrogens is 254 g/mol. The Kier molecular flexibility index (Phi) is 5.98. The monoisotopic (exact) mass is 279 g/mol. The Morgan fingerprint density at radius 1 is 1.35 bits per heavy atom. The summed E-state index contributed by atoms with van der Waals surface area (Å²) in [6, 6.07) is 0. The second-order valence-electron chi connectivity index (χ2n) is 5.14. The summed E-state index contributed by atoms with van der Waals surface area (Å²) in [5.41, 5.74) is 0. The van der Waals surface area contributed by atoms with Crippen molar-refractivity contribution in [2.45, 2.75) is 45.6 Å². The first kappa shape index (κ1) is 15.0. The van der Waals surface area contributed by atoms with Gasteiger partial charge < -0.3 is 15.0 Å². The maximum absolute atomic E-state index is 5.58. The van der Waals surface area contributed by atoms with Crippen molar-refractivity contribution in [1.82, 2.24) is 15.2 Å². The predicted molar refractivity (Wildman–Crippen MR) is 80.1 cm³/mol. The minimum Gasteiger partial charge on any atom is -0.376 e. The SMILES string of the molecule is CCCN(CCC)c1cnnc(NCC2CCCO2)n1. The van der Waals surface area contributed by atoms with E-state index in [9.17, 15) is 0 Å². The van der Waals surface area contributed by atoms with Crippen LogP contribution in [0.25, 0.3) is 0 Å². The van der Waals surface area contributed by atoms with Crippen molar-refractivity contribution in [1.29, 1.82) is 0 Å². The molecule has 20 heavy (non-hydrogen) atoms. The summed E-state index contributed by atoms with van der Waals surface area (Å²) >= 11 is 0. The zero-order valence-corrected chi connectivity index (χ0v) is 12.5. The molecule has 1 aromatic rings. The zero-order valence-electron chi connectivity index (χ0n) is 12.5. The van der Waals surface area contributed by atoms with Crippen LogP contribution in [0.5, 0.6) is 0 Å². The number of hydrogen-bond acceptors (Lipinski definition) is 6. The van der Waals surface area contributed by atoms with E-state index in [0.717, 1.165) is 57.7 Å². The second-order valence-corrected chi connectivity index (χ2v) is 5.14. The second kappa shape index (κ2) is 7.99. The van der Waals surface area contributed by atoms with Crippen molar-refractivity contribution >= 4 is 11.8 Å². The molecule has 112 valence electrons. The lowest BCUT2D eigenvalue weighted by atomic mass is 10.2. The van der Waals surface area contributed by atoms with E-state index < -0.39 is 0 Å². The van der Waals surface area contributed by atoms with Crippen LogP contribution in [-0.4, -0.2) is 47.5 Å². The normalized spacial score (nSPS) is 18.2. The van der Waals surface area contributed by atoms with Crippen LogP contribution in [-0.2, 0) is 4.74 Å². The third-order valence-electron chi connectivity index (χ3n) is 3.37. The number of ether oxygens (including phenoxy) is 1. The molecule has 1 unspecified atom stereocenters. The Balaban J connectivity index is 1.94. The fraction of sp³-hybridized carbons (Fsp3) is 0.786. The highest BCUT2D eigenvalue weighted by atomic mass is 16.5. The van der Waals surface area contributed by atoms with E-state index >= 15 is 0 Å². The molecule has 1 aromatic heterocycles. The minimum atomic E-state index is 0.282. The van der Waals surface area contributed by atoms with Gasteiger partial charge in [-0.05, 0) is 25.7 Å². The van der Waals surface area contributed by atoms with Gasteiger partial charge in [0.05, 0.1) is 12.3 Å². The van der Waals surface area contributed by atoms with Gasteiger partial charge in [-0.3, -0.25) is 0 Å². The summed E-state index contributed by atoms with van der Waals surface area (Å²) in [5, 5.41) is 11.3. The van der Waals surface area contributed by atoms with Crippen molar-refractivity contribution in [3.05, 3.63) is 6.20 Å². The van der Waals surface area contributed by atoms with Crippen LogP contribution in [0, 0.1) is 0 Å². The van der Waals surface area contributed by atoms with Crippen LogP contribution < -0.4 is 10.2 Å². The Hall–Kier alpha value is -1.43. The fourth-order valence-electron chi connectivity index (χ4n) is 2.41. The molecule has 1 atom stereocenters. The van der Waals surface area contributed by atoms with E-state index in [0.29, 0.717) is 5.95 Å². The van der Waals surface area contributed by atoms with Crippen LogP contribution in [0.3, 0.4) is 0 Å². The maximum Gasteiger partial charge on any atom is 0.244 e. The molecule has 0 saturated carbocycles. The van der Waals surface area contributed by atoms with Crippen LogP contribution in [0.2, 0.25) is 0 Å². The summed E-state index contributed by atoms with van der Waals surface area (Å²) in [5.74, 6) is 1.49. The molecule has 2 rings (SSSR count). The standard InChI is InChI=1S/C14H25N5O/c1-3-7-19(8-4-2)13-11-16-18-14(17-13)15-10-12-6-5-9-20-12/h11-12H,3-10H2,1-2H3,(H,15,17,18). The lowest BCUT2D eigenvalue weighted by molar-refractivity contribution is 0.120. The molecule has 0 spiro atoms. The molecule has 0 aliphatic carbocycles. The summed E-state index contributed by atoms with van der Waals surface area (Å²) in [4.78, 5) is 6.81. The zero-order chi connectivity index (χ0) is 14.2. The molecule has 1 aliphatic heterocycles. The van der Waals surface area contributed by atoms with Gasteiger partial charge in [0.2, 0.25) is 5.95 Å². The Bertz CT molecular complexity index is 389. The Morgan fingerprint density at radius 2 is 2.15 bits per heavy atom. The van der Waals surface area contributed by atoms with Crippen molar-refractivity contribution in [2.24, 2.45) is 0 Å². The third kappa shape index (κ3) is 4.30. The first-order valence-electron chi connectivity index (χ1n) is 7.63. The number of hydrogen-bond donors (Lipinski definition) is 1. The molecule has 0 radical (unpaired) electrons. The van der Waals surface area contributed by atoms with E-state index in [4.69, 9.17) is 4.74 Å². The van der Waals surface area contributed by atoms with E-state index in [-0.39, 0.29) is 6.10 Å². The lowest BCUT2D eigenvalue weighted by Crippen LogP contribution is -2.27. The average Bonchev–Trinajstić information content (AvgIpc) is 2.98. The van der Waals surface area contributed by atoms with Gasteiger partial charge >= 0.3 is 0 Å². The van der Waals surface area contributed by atoms with E-state index in [1.807, 2.05) is 0 Å². The van der Waals surface area contributed by atoms with Gasteiger partial charge in [-0.25, -0.2) is 0 Å². The number of rotatable bonds is 8. The molecule has 0 bridgehead atoms. The molecule has 6 nitrogen and oxygen atoms in total. The highest BCUT2D eigenvalue weighted by molar-refractivity contribution is 5.40. The highest BCUT2D eigenvalue weighted by Crippen LogP contribution is 2.14. The van der Waals surface area contributed by atoms with Gasteiger partial charge in [-0.1, -0.05) is 13.8 Å². The maximum atomic E-state index is 5.58. The van der Waals surface area contributed by atoms with Crippen molar-refractivity contribution in [2.75, 3.05) is 36.5 Å². The van der Waals surface area contributed by atoms with Crippen molar-refractivity contribution in [3.8, 4) is 0 Å². The van der Waals surface area contributed by atoms with Gasteiger partial charge in [0.1, 0.15) is 0 Å². The van der Waals surface area contributed by atoms with E-state index in [1.54, 1.807) is 6.20 Å². The molecule has 2 heterocycles. The van der Waals surface area contributed by atoms with Crippen LogP contribution in [0.4, 0.5) is 11.8 Å². The number of nitrogens with zero attached hydrogens (tertiary/aromatic N) is 4. The number of aromatic nitrogens is 3. The lowest BCUT2D eigenvalue weighted by Gasteiger charge is -2.22. The fourth-order valence-corrected chi connectivity index (χ4v) is 2.41. The predicted octanol–water partition coefficient (Wildman–Crippen LogP) is 2.09. The Morgan fingerprint density at radius 3 is 2.80 bits per heavy atom. The van der Waals surface area contributed by atoms with Gasteiger partial charge in [0.15, 0.2) is 5.82 Å². The van der Waals surface area contributed by atoms with Crippen molar-refractivity contribution < 1.29 is 4.74 Å². The van der Waals surface area contributed by atoms with Crippen LogP contribution in [0.1, 0.15) is 39.5 Å². The van der Waals surface area contributed by atoms with Crippen LogP contribution in [0.15, 0.2) is 6.20 Å². The summed E-state index contributed by atoms with van der Waals surface area (Å²) in [6.45, 7) is 7.97. The summed E-state index contributed by atoms with van der Waals surface area (Å²) in [7, 11) is 0. The largest absolute Gasteiger partial charge is 0.376 e. The van der Waals surface area contributed by atoms with E-state index in [1.165, 1.54) is 0 Å². The summed E-state index contributed by atoms with van der Waals surface area (Å²) in [6.07, 6.45) is 6.47. The molecule has 0 aromatic carbocycles. The van der Waals surface area contributed by atoms with Crippen molar-refractivity contribution in [3.63, 3.8) is 0 Å². The average molecular weight is 279 g/mol. The first-order chi connectivity index (χ1) is 9.83. The Labute approximate surface area is 120 Å². The van der Waals surface area contributed by atoms with Crippen LogP contribution >= 0.6 is 0 Å². The molecular formula is C14H25N5O. The van der Waals surface area contributed by atoms with Gasteiger partial charge in [-0.15, -0.1) is 5.10 Å². The smallest absolute Gasteiger partial charge is 0.244 e. The molecule has 1 N–H and O–H groups in total. The topological polar surface area (TPSA) is 63.2 Å². The quantitative estimate of drug-likeness (QED) is 0.786. The molecule has 6 heteroatoms. The van der Waals surface area contributed by atoms with E-state index in [2.05, 4.69) is 39.2 Å². The van der Waals surface area contributed by atoms with Gasteiger partial charge in [0, 0.05) is 26.2 Å². The van der Waals surface area contributed by atoms with Gasteiger partial charge in [0.25, 0.3) is 0 Å². The van der Waals surface area contributed by atoms with Gasteiger partial charge in [-0.2, -0.15) is 10.1 Å². The third-order valence-corrected chi connectivity index (χ3v) is 3.37. The molecule has 1 fully saturated rings. The molecule has 1 aliphatic rings. The minimum absolute atomic E-state index is 0.282. The number of nitrogens with one attached hydrogen (secondary N) is 1. The first-order valence-corrected chi connectivity index (χ1v) is 7.63. The summed E-state index contributed by atoms with van der Waals surface area (Å²) < 4.78 is 5.58. The molecule has 0 amide bonds.